The molecule has 11 nitrogen and oxygen atoms in total. The van der Waals surface area contributed by atoms with Crippen molar-refractivity contribution in [2.45, 2.75) is 39.0 Å². The van der Waals surface area contributed by atoms with Gasteiger partial charge in [-0.25, -0.2) is 18.4 Å². The molecule has 2 atom stereocenters. The van der Waals surface area contributed by atoms with Crippen molar-refractivity contribution in [2.75, 3.05) is 41.2 Å². The van der Waals surface area contributed by atoms with E-state index in [0.717, 1.165) is 46.8 Å². The lowest BCUT2D eigenvalue weighted by atomic mass is 10.1. The molecule has 3 aromatic heterocycles. The number of rotatable bonds is 8. The lowest BCUT2D eigenvalue weighted by Crippen LogP contribution is -2.45. The third kappa shape index (κ3) is 6.17. The molecule has 1 saturated heterocycles. The minimum atomic E-state index is -3.66. The number of hydrogen-bond donors (Lipinski definition) is 2. The lowest BCUT2D eigenvalue weighted by molar-refractivity contribution is -0.00545. The Morgan fingerprint density at radius 1 is 1.05 bits per heavy atom. The number of carbonyl (C=O) groups excluding carboxylic acids is 1. The standard InChI is InChI=1S/C31H34N6O5S/c1-20-18-36(19-21(2)42-20)30-5-3-4-26(35-30)27-9-8-24-16-32-25(15-28(24)34-27)17-33-31(39)23-7-6-22-10-11-37(29(22)14-23)43(40,41)13-12-38/h3-9,14-16,20-21,38H,10-13,17-19H2,1-2H3,(H,33,39)/t20-,21+. The number of nitrogens with one attached hydrogen (secondary N) is 1. The molecule has 224 valence electrons. The van der Waals surface area contributed by atoms with Crippen LogP contribution in [0.4, 0.5) is 11.5 Å². The Labute approximate surface area is 250 Å². The summed E-state index contributed by atoms with van der Waals surface area (Å²) in [5, 5.41) is 12.9. The van der Waals surface area contributed by atoms with Crippen molar-refractivity contribution in [3.63, 3.8) is 0 Å². The van der Waals surface area contributed by atoms with E-state index in [0.29, 0.717) is 29.9 Å². The number of aromatic nitrogens is 3. The summed E-state index contributed by atoms with van der Waals surface area (Å²) >= 11 is 0. The van der Waals surface area contributed by atoms with E-state index < -0.39 is 16.6 Å². The Hall–Kier alpha value is -4.13. The molecular weight excluding hydrogens is 568 g/mol. The molecule has 0 unspecified atom stereocenters. The van der Waals surface area contributed by atoms with Crippen molar-refractivity contribution in [2.24, 2.45) is 0 Å². The van der Waals surface area contributed by atoms with Gasteiger partial charge in [-0.3, -0.25) is 14.1 Å². The fourth-order valence-corrected chi connectivity index (χ4v) is 6.97. The zero-order chi connectivity index (χ0) is 30.1. The van der Waals surface area contributed by atoms with Gasteiger partial charge in [0.2, 0.25) is 10.0 Å². The van der Waals surface area contributed by atoms with Crippen molar-refractivity contribution in [3.8, 4) is 11.4 Å². The number of hydrogen-bond acceptors (Lipinski definition) is 9. The van der Waals surface area contributed by atoms with Crippen LogP contribution in [-0.2, 0) is 27.7 Å². The van der Waals surface area contributed by atoms with E-state index in [1.54, 1.807) is 24.4 Å². The summed E-state index contributed by atoms with van der Waals surface area (Å²) in [4.78, 5) is 29.5. The first-order valence-corrected chi connectivity index (χ1v) is 16.0. The number of anilines is 2. The van der Waals surface area contributed by atoms with Gasteiger partial charge in [0.15, 0.2) is 0 Å². The largest absolute Gasteiger partial charge is 0.395 e. The molecule has 1 aromatic carbocycles. The van der Waals surface area contributed by atoms with E-state index in [9.17, 15) is 13.2 Å². The van der Waals surface area contributed by atoms with Crippen LogP contribution in [0.25, 0.3) is 22.3 Å². The van der Waals surface area contributed by atoms with Crippen LogP contribution in [0.1, 0.15) is 35.5 Å². The average Bonchev–Trinajstić information content (AvgIpc) is 3.43. The highest BCUT2D eigenvalue weighted by atomic mass is 32.2. The minimum Gasteiger partial charge on any atom is -0.395 e. The van der Waals surface area contributed by atoms with Crippen molar-refractivity contribution in [1.82, 2.24) is 20.3 Å². The quantitative estimate of drug-likeness (QED) is 0.312. The van der Waals surface area contributed by atoms with Gasteiger partial charge in [0.25, 0.3) is 5.91 Å². The van der Waals surface area contributed by atoms with Gasteiger partial charge in [-0.2, -0.15) is 0 Å². The normalized spacial score (nSPS) is 18.6. The highest BCUT2D eigenvalue weighted by Crippen LogP contribution is 2.31. The smallest absolute Gasteiger partial charge is 0.251 e. The molecule has 5 heterocycles. The van der Waals surface area contributed by atoms with Crippen molar-refractivity contribution >= 4 is 38.3 Å². The van der Waals surface area contributed by atoms with E-state index in [1.807, 2.05) is 36.4 Å². The molecule has 1 fully saturated rings. The van der Waals surface area contributed by atoms with E-state index in [-0.39, 0.29) is 30.4 Å². The van der Waals surface area contributed by atoms with Crippen LogP contribution in [-0.4, -0.2) is 78.6 Å². The molecule has 43 heavy (non-hydrogen) atoms. The zero-order valence-electron chi connectivity index (χ0n) is 24.1. The molecule has 2 aliphatic rings. The number of pyridine rings is 3. The van der Waals surface area contributed by atoms with Gasteiger partial charge in [0.1, 0.15) is 5.82 Å². The van der Waals surface area contributed by atoms with Crippen molar-refractivity contribution < 1.29 is 23.1 Å². The van der Waals surface area contributed by atoms with E-state index in [1.165, 1.54) is 4.31 Å². The van der Waals surface area contributed by atoms with Crippen LogP contribution >= 0.6 is 0 Å². The van der Waals surface area contributed by atoms with Gasteiger partial charge >= 0.3 is 0 Å². The maximum atomic E-state index is 13.0. The lowest BCUT2D eigenvalue weighted by Gasteiger charge is -2.36. The molecule has 0 aliphatic carbocycles. The Bertz CT molecular complexity index is 1770. The van der Waals surface area contributed by atoms with E-state index in [4.69, 9.17) is 19.8 Å². The maximum Gasteiger partial charge on any atom is 0.251 e. The Kier molecular flexibility index (Phi) is 7.99. The summed E-state index contributed by atoms with van der Waals surface area (Å²) in [5.74, 6) is 0.186. The monoisotopic (exact) mass is 602 g/mol. The molecule has 0 radical (unpaired) electrons. The zero-order valence-corrected chi connectivity index (χ0v) is 24.9. The van der Waals surface area contributed by atoms with Crippen LogP contribution in [0, 0.1) is 0 Å². The number of fused-ring (bicyclic) bond motifs is 2. The molecule has 6 rings (SSSR count). The van der Waals surface area contributed by atoms with Crippen LogP contribution in [0.5, 0.6) is 0 Å². The summed E-state index contributed by atoms with van der Waals surface area (Å²) in [6.07, 6.45) is 2.55. The Morgan fingerprint density at radius 2 is 1.84 bits per heavy atom. The van der Waals surface area contributed by atoms with E-state index >= 15 is 0 Å². The van der Waals surface area contributed by atoms with Gasteiger partial charge < -0.3 is 20.1 Å². The fraction of sp³-hybridized carbons (Fsp3) is 0.355. The highest BCUT2D eigenvalue weighted by Gasteiger charge is 2.30. The molecule has 2 N–H and O–H groups in total. The molecule has 0 bridgehead atoms. The van der Waals surface area contributed by atoms with Gasteiger partial charge in [-0.15, -0.1) is 0 Å². The minimum absolute atomic E-state index is 0.129. The van der Waals surface area contributed by atoms with E-state index in [2.05, 4.69) is 29.0 Å². The molecule has 0 saturated carbocycles. The molecule has 1 amide bonds. The van der Waals surface area contributed by atoms with Gasteiger partial charge in [0, 0.05) is 36.8 Å². The highest BCUT2D eigenvalue weighted by molar-refractivity contribution is 7.92. The first-order chi connectivity index (χ1) is 20.7. The second-order valence-electron chi connectivity index (χ2n) is 11.0. The Morgan fingerprint density at radius 3 is 2.63 bits per heavy atom. The van der Waals surface area contributed by atoms with Crippen LogP contribution in [0.3, 0.4) is 0 Å². The van der Waals surface area contributed by atoms with Crippen LogP contribution in [0.2, 0.25) is 0 Å². The number of aliphatic hydroxyl groups excluding tert-OH is 1. The summed E-state index contributed by atoms with van der Waals surface area (Å²) < 4.78 is 32.3. The summed E-state index contributed by atoms with van der Waals surface area (Å²) in [5.41, 5.74) is 4.56. The van der Waals surface area contributed by atoms with Gasteiger partial charge in [-0.1, -0.05) is 12.1 Å². The second-order valence-corrected chi connectivity index (χ2v) is 13.0. The fourth-order valence-electron chi connectivity index (χ4n) is 5.68. The number of aliphatic hydroxyl groups is 1. The van der Waals surface area contributed by atoms with Gasteiger partial charge in [0.05, 0.1) is 59.4 Å². The third-order valence-electron chi connectivity index (χ3n) is 7.69. The third-order valence-corrected chi connectivity index (χ3v) is 9.44. The summed E-state index contributed by atoms with van der Waals surface area (Å²) in [6.45, 7) is 5.70. The number of ether oxygens (including phenoxy) is 1. The first kappa shape index (κ1) is 29.0. The van der Waals surface area contributed by atoms with Gasteiger partial charge in [-0.05, 0) is 68.3 Å². The first-order valence-electron chi connectivity index (χ1n) is 14.4. The topological polar surface area (TPSA) is 138 Å². The van der Waals surface area contributed by atoms with Crippen molar-refractivity contribution in [1.29, 1.82) is 0 Å². The number of benzene rings is 1. The second kappa shape index (κ2) is 11.9. The number of amides is 1. The van der Waals surface area contributed by atoms with Crippen LogP contribution in [0.15, 0.2) is 60.8 Å². The molecule has 12 heteroatoms. The predicted molar refractivity (Wildman–Crippen MR) is 165 cm³/mol. The predicted octanol–water partition coefficient (Wildman–Crippen LogP) is 2.92. The van der Waals surface area contributed by atoms with Crippen molar-refractivity contribution in [3.05, 3.63) is 77.6 Å². The number of morpholine rings is 1. The molecule has 2 aliphatic heterocycles. The molecular formula is C31H34N6O5S. The average molecular weight is 603 g/mol. The molecule has 0 spiro atoms. The maximum absolute atomic E-state index is 13.0. The number of nitrogens with zero attached hydrogens (tertiary/aromatic N) is 5. The van der Waals surface area contributed by atoms with Crippen LogP contribution < -0.4 is 14.5 Å². The number of sulfonamides is 1. The summed E-state index contributed by atoms with van der Waals surface area (Å²) in [6, 6.07) is 16.7. The Balaban J connectivity index is 1.17. The SMILES string of the molecule is C[C@@H]1CN(c2cccc(-c3ccc4cnc(CNC(=O)c5ccc6c(c5)N(S(=O)(=O)CCO)CC6)cc4n3)n2)C[C@H](C)O1. The molecule has 4 aromatic rings. The number of carbonyl (C=O) groups is 1. The summed E-state index contributed by atoms with van der Waals surface area (Å²) in [7, 11) is -3.66.